The first-order valence-corrected chi connectivity index (χ1v) is 9.19. The van der Waals surface area contributed by atoms with Gasteiger partial charge in [0.2, 0.25) is 12.7 Å². The molecule has 0 unspecified atom stereocenters. The molecule has 0 saturated heterocycles. The maximum atomic E-state index is 12.8. The molecular weight excluding hydrogens is 354 g/mol. The maximum Gasteiger partial charge on any atom is 0.262 e. The number of ether oxygens (including phenoxy) is 2. The van der Waals surface area contributed by atoms with E-state index in [2.05, 4.69) is 24.1 Å². The standard InChI is InChI=1S/C18H23N3O4S/c1-11(2)5-6-19-16(22)4-3-7-21-17(23)12-8-14-15(25-10-24-14)9-13(12)20-18(21)26/h8-9,11H,3-7,10H2,1-2H3,(H,19,22)(H,20,26). The van der Waals surface area contributed by atoms with Gasteiger partial charge in [-0.2, -0.15) is 0 Å². The molecule has 1 aliphatic rings. The van der Waals surface area contributed by atoms with Crippen LogP contribution < -0.4 is 20.3 Å². The lowest BCUT2D eigenvalue weighted by molar-refractivity contribution is -0.121. The molecular formula is C18H23N3O4S. The van der Waals surface area contributed by atoms with Gasteiger partial charge in [-0.3, -0.25) is 14.2 Å². The minimum Gasteiger partial charge on any atom is -0.454 e. The maximum absolute atomic E-state index is 12.8. The highest BCUT2D eigenvalue weighted by molar-refractivity contribution is 7.71. The molecule has 1 amide bonds. The van der Waals surface area contributed by atoms with E-state index >= 15 is 0 Å². The number of carbonyl (C=O) groups excluding carboxylic acids is 1. The highest BCUT2D eigenvalue weighted by Gasteiger charge is 2.17. The van der Waals surface area contributed by atoms with Gasteiger partial charge in [0.1, 0.15) is 0 Å². The van der Waals surface area contributed by atoms with Crippen LogP contribution in [0.3, 0.4) is 0 Å². The molecule has 8 heteroatoms. The van der Waals surface area contributed by atoms with Gasteiger partial charge >= 0.3 is 0 Å². The van der Waals surface area contributed by atoms with Crippen molar-refractivity contribution >= 4 is 29.0 Å². The largest absolute Gasteiger partial charge is 0.454 e. The fraction of sp³-hybridized carbons (Fsp3) is 0.500. The van der Waals surface area contributed by atoms with E-state index in [-0.39, 0.29) is 18.3 Å². The molecule has 3 rings (SSSR count). The number of fused-ring (bicyclic) bond motifs is 2. The number of hydrogen-bond acceptors (Lipinski definition) is 5. The monoisotopic (exact) mass is 377 g/mol. The topological polar surface area (TPSA) is 85.4 Å². The number of aromatic nitrogens is 2. The quantitative estimate of drug-likeness (QED) is 0.725. The van der Waals surface area contributed by atoms with Gasteiger partial charge in [-0.15, -0.1) is 0 Å². The number of rotatable bonds is 7. The van der Waals surface area contributed by atoms with Gasteiger partial charge < -0.3 is 19.8 Å². The lowest BCUT2D eigenvalue weighted by Crippen LogP contribution is -2.26. The van der Waals surface area contributed by atoms with Crippen molar-refractivity contribution in [1.82, 2.24) is 14.9 Å². The Labute approximate surface area is 156 Å². The number of hydrogen-bond donors (Lipinski definition) is 2. The van der Waals surface area contributed by atoms with Crippen molar-refractivity contribution in [2.24, 2.45) is 5.92 Å². The predicted molar refractivity (Wildman–Crippen MR) is 101 cm³/mol. The Morgan fingerprint density at radius 3 is 2.81 bits per heavy atom. The summed E-state index contributed by atoms with van der Waals surface area (Å²) in [6, 6.07) is 3.39. The second-order valence-electron chi connectivity index (χ2n) is 6.77. The number of nitrogens with one attached hydrogen (secondary N) is 2. The molecule has 0 aliphatic carbocycles. The molecule has 0 fully saturated rings. The molecule has 1 aliphatic heterocycles. The van der Waals surface area contributed by atoms with Crippen LogP contribution in [0.4, 0.5) is 0 Å². The third-order valence-electron chi connectivity index (χ3n) is 4.30. The zero-order chi connectivity index (χ0) is 18.7. The second-order valence-corrected chi connectivity index (χ2v) is 7.16. The Bertz CT molecular complexity index is 932. The predicted octanol–water partition coefficient (Wildman–Crippen LogP) is 2.73. The first-order chi connectivity index (χ1) is 12.5. The Kier molecular flexibility index (Phi) is 5.61. The molecule has 1 aromatic heterocycles. The van der Waals surface area contributed by atoms with Crippen LogP contribution in [-0.4, -0.2) is 28.8 Å². The summed E-state index contributed by atoms with van der Waals surface area (Å²) in [7, 11) is 0. The van der Waals surface area contributed by atoms with Crippen LogP contribution in [0.2, 0.25) is 0 Å². The summed E-state index contributed by atoms with van der Waals surface area (Å²) in [6.45, 7) is 5.45. The van der Waals surface area contributed by atoms with Crippen LogP contribution in [-0.2, 0) is 11.3 Å². The summed E-state index contributed by atoms with van der Waals surface area (Å²) >= 11 is 5.31. The number of carbonyl (C=O) groups is 1. The van der Waals surface area contributed by atoms with Crippen molar-refractivity contribution in [3.05, 3.63) is 27.3 Å². The normalized spacial score (nSPS) is 12.7. The third kappa shape index (κ3) is 4.07. The van der Waals surface area contributed by atoms with E-state index in [0.29, 0.717) is 59.0 Å². The Morgan fingerprint density at radius 1 is 1.35 bits per heavy atom. The molecule has 1 aromatic carbocycles. The van der Waals surface area contributed by atoms with Crippen LogP contribution in [0.1, 0.15) is 33.1 Å². The van der Waals surface area contributed by atoms with Crippen LogP contribution in [0.15, 0.2) is 16.9 Å². The SMILES string of the molecule is CC(C)CCNC(=O)CCCn1c(=S)[nH]c2cc3c(cc2c1=O)OCO3. The molecule has 0 saturated carbocycles. The van der Waals surface area contributed by atoms with E-state index in [1.165, 1.54) is 4.57 Å². The minimum atomic E-state index is -0.192. The van der Waals surface area contributed by atoms with Crippen molar-refractivity contribution in [2.45, 2.75) is 39.7 Å². The first-order valence-electron chi connectivity index (χ1n) is 8.79. The number of aromatic amines is 1. The van der Waals surface area contributed by atoms with Crippen molar-refractivity contribution in [1.29, 1.82) is 0 Å². The van der Waals surface area contributed by atoms with E-state index in [0.717, 1.165) is 6.42 Å². The van der Waals surface area contributed by atoms with Gasteiger partial charge in [0.05, 0.1) is 10.9 Å². The summed E-state index contributed by atoms with van der Waals surface area (Å²) in [4.78, 5) is 27.7. The van der Waals surface area contributed by atoms with Gasteiger partial charge in [0.25, 0.3) is 5.56 Å². The van der Waals surface area contributed by atoms with Crippen molar-refractivity contribution in [2.75, 3.05) is 13.3 Å². The Balaban J connectivity index is 1.68. The van der Waals surface area contributed by atoms with E-state index in [4.69, 9.17) is 21.7 Å². The summed E-state index contributed by atoms with van der Waals surface area (Å²) in [6.07, 6.45) is 1.86. The number of nitrogens with zero attached hydrogens (tertiary/aromatic N) is 1. The highest BCUT2D eigenvalue weighted by Crippen LogP contribution is 2.34. The van der Waals surface area contributed by atoms with Crippen molar-refractivity contribution in [3.8, 4) is 11.5 Å². The number of H-pyrrole nitrogens is 1. The average Bonchev–Trinajstić information content (AvgIpc) is 3.03. The zero-order valence-corrected chi connectivity index (χ0v) is 15.8. The van der Waals surface area contributed by atoms with Gasteiger partial charge in [-0.1, -0.05) is 13.8 Å². The molecule has 26 heavy (non-hydrogen) atoms. The fourth-order valence-electron chi connectivity index (χ4n) is 2.83. The molecule has 0 atom stereocenters. The summed E-state index contributed by atoms with van der Waals surface area (Å²) < 4.78 is 12.5. The molecule has 140 valence electrons. The van der Waals surface area contributed by atoms with Crippen molar-refractivity contribution in [3.63, 3.8) is 0 Å². The van der Waals surface area contributed by atoms with Crippen LogP contribution in [0, 0.1) is 10.7 Å². The minimum absolute atomic E-state index is 0.00208. The number of benzene rings is 1. The van der Waals surface area contributed by atoms with Crippen molar-refractivity contribution < 1.29 is 14.3 Å². The lowest BCUT2D eigenvalue weighted by Gasteiger charge is -2.10. The smallest absolute Gasteiger partial charge is 0.262 e. The molecule has 2 aromatic rings. The Hall–Kier alpha value is -2.35. The third-order valence-corrected chi connectivity index (χ3v) is 4.63. The summed E-state index contributed by atoms with van der Waals surface area (Å²) in [5.41, 5.74) is 0.425. The summed E-state index contributed by atoms with van der Waals surface area (Å²) in [5.74, 6) is 1.70. The van der Waals surface area contributed by atoms with Crippen LogP contribution >= 0.6 is 12.2 Å². The van der Waals surface area contributed by atoms with Gasteiger partial charge in [-0.25, -0.2) is 0 Å². The average molecular weight is 377 g/mol. The van der Waals surface area contributed by atoms with Gasteiger partial charge in [0, 0.05) is 25.6 Å². The van der Waals surface area contributed by atoms with E-state index in [1.807, 2.05) is 0 Å². The second kappa shape index (κ2) is 7.90. The van der Waals surface area contributed by atoms with E-state index in [1.54, 1.807) is 12.1 Å². The van der Waals surface area contributed by atoms with Crippen LogP contribution in [0.25, 0.3) is 10.9 Å². The Morgan fingerprint density at radius 2 is 2.08 bits per heavy atom. The molecule has 0 bridgehead atoms. The molecule has 7 nitrogen and oxygen atoms in total. The molecule has 0 radical (unpaired) electrons. The van der Waals surface area contributed by atoms with Gasteiger partial charge in [0.15, 0.2) is 16.3 Å². The first kappa shape index (κ1) is 18.4. The summed E-state index contributed by atoms with van der Waals surface area (Å²) in [5, 5.41) is 3.39. The van der Waals surface area contributed by atoms with E-state index in [9.17, 15) is 9.59 Å². The molecule has 2 N–H and O–H groups in total. The fourth-order valence-corrected chi connectivity index (χ4v) is 3.12. The highest BCUT2D eigenvalue weighted by atomic mass is 32.1. The van der Waals surface area contributed by atoms with Gasteiger partial charge in [-0.05, 0) is 37.0 Å². The van der Waals surface area contributed by atoms with E-state index < -0.39 is 0 Å². The zero-order valence-electron chi connectivity index (χ0n) is 15.0. The van der Waals surface area contributed by atoms with Crippen LogP contribution in [0.5, 0.6) is 11.5 Å². The molecule has 2 heterocycles. The number of amides is 1. The molecule has 0 spiro atoms. The lowest BCUT2D eigenvalue weighted by atomic mass is 10.1.